The minimum Gasteiger partial charge on any atom is -0.756 e. The molecule has 0 aliphatic carbocycles. The lowest BCUT2D eigenvalue weighted by atomic mass is 10.1. The van der Waals surface area contributed by atoms with E-state index in [1.54, 1.807) is 6.08 Å². The molecular formula is C51H93N2O6P. The summed E-state index contributed by atoms with van der Waals surface area (Å²) < 4.78 is 23.2. The highest BCUT2D eigenvalue weighted by molar-refractivity contribution is 7.45. The highest BCUT2D eigenvalue weighted by Crippen LogP contribution is 2.38. The van der Waals surface area contributed by atoms with E-state index in [9.17, 15) is 19.4 Å². The number of aliphatic hydroxyl groups is 1. The maximum absolute atomic E-state index is 12.9. The molecule has 8 nitrogen and oxygen atoms in total. The van der Waals surface area contributed by atoms with Crippen molar-refractivity contribution in [3.05, 3.63) is 72.9 Å². The van der Waals surface area contributed by atoms with Crippen molar-refractivity contribution in [3.63, 3.8) is 0 Å². The van der Waals surface area contributed by atoms with E-state index in [2.05, 4.69) is 79.9 Å². The summed E-state index contributed by atoms with van der Waals surface area (Å²) in [5, 5.41) is 13.8. The molecule has 0 aromatic heterocycles. The van der Waals surface area contributed by atoms with Gasteiger partial charge in [0.1, 0.15) is 13.2 Å². The number of allylic oxidation sites excluding steroid dienone is 11. The molecule has 0 heterocycles. The number of nitrogens with zero attached hydrogens (tertiary/aromatic N) is 1. The second-order valence-electron chi connectivity index (χ2n) is 17.4. The molecule has 3 atom stereocenters. The van der Waals surface area contributed by atoms with E-state index in [0.29, 0.717) is 17.4 Å². The van der Waals surface area contributed by atoms with Crippen LogP contribution in [0.25, 0.3) is 0 Å². The first kappa shape index (κ1) is 57.9. The predicted octanol–water partition coefficient (Wildman–Crippen LogP) is 13.3. The van der Waals surface area contributed by atoms with E-state index in [0.717, 1.165) is 70.6 Å². The van der Waals surface area contributed by atoms with Gasteiger partial charge in [0.15, 0.2) is 0 Å². The van der Waals surface area contributed by atoms with Gasteiger partial charge >= 0.3 is 0 Å². The molecule has 0 aliphatic heterocycles. The molecule has 0 fully saturated rings. The van der Waals surface area contributed by atoms with Gasteiger partial charge in [0.25, 0.3) is 7.82 Å². The Morgan fingerprint density at radius 1 is 0.583 bits per heavy atom. The van der Waals surface area contributed by atoms with E-state index in [-0.39, 0.29) is 12.5 Å². The van der Waals surface area contributed by atoms with Crippen LogP contribution in [0.15, 0.2) is 72.9 Å². The summed E-state index contributed by atoms with van der Waals surface area (Å²) in [6.07, 6.45) is 56.6. The average Bonchev–Trinajstić information content (AvgIpc) is 3.20. The van der Waals surface area contributed by atoms with Crippen molar-refractivity contribution in [1.82, 2.24) is 5.32 Å². The van der Waals surface area contributed by atoms with Gasteiger partial charge in [-0.2, -0.15) is 0 Å². The van der Waals surface area contributed by atoms with Crippen molar-refractivity contribution in [3.8, 4) is 0 Å². The molecule has 9 heteroatoms. The molecule has 60 heavy (non-hydrogen) atoms. The molecular weight excluding hydrogens is 768 g/mol. The number of aliphatic hydroxyl groups excluding tert-OH is 1. The van der Waals surface area contributed by atoms with Crippen LogP contribution in [0.4, 0.5) is 0 Å². The molecule has 0 radical (unpaired) electrons. The highest BCUT2D eigenvalue weighted by Gasteiger charge is 2.23. The van der Waals surface area contributed by atoms with Crippen LogP contribution in [0, 0.1) is 0 Å². The van der Waals surface area contributed by atoms with Crippen molar-refractivity contribution in [2.75, 3.05) is 40.9 Å². The first-order chi connectivity index (χ1) is 29.0. The second kappa shape index (κ2) is 42.3. The van der Waals surface area contributed by atoms with Crippen molar-refractivity contribution in [2.24, 2.45) is 0 Å². The lowest BCUT2D eigenvalue weighted by Gasteiger charge is -2.29. The third-order valence-electron chi connectivity index (χ3n) is 10.4. The Labute approximate surface area is 370 Å². The van der Waals surface area contributed by atoms with E-state index >= 15 is 0 Å². The van der Waals surface area contributed by atoms with Gasteiger partial charge < -0.3 is 28.8 Å². The molecule has 2 N–H and O–H groups in total. The maximum atomic E-state index is 12.9. The lowest BCUT2D eigenvalue weighted by molar-refractivity contribution is -0.870. The maximum Gasteiger partial charge on any atom is 0.268 e. The molecule has 348 valence electrons. The van der Waals surface area contributed by atoms with Gasteiger partial charge in [-0.15, -0.1) is 0 Å². The van der Waals surface area contributed by atoms with Crippen LogP contribution < -0.4 is 10.2 Å². The zero-order valence-electron chi connectivity index (χ0n) is 39.4. The fraction of sp³-hybridized carbons (Fsp3) is 0.745. The molecule has 0 spiro atoms. The largest absolute Gasteiger partial charge is 0.756 e. The number of nitrogens with one attached hydrogen (secondary N) is 1. The number of quaternary nitrogens is 1. The van der Waals surface area contributed by atoms with Crippen LogP contribution in [0.1, 0.15) is 194 Å². The SMILES string of the molecule is CCCCCCC/C=C\C/C=C\C/C=C\CCCCCCCCC(=O)NC(COP(=O)([O-])OCC[N+](C)(C)C)C(O)/C=C/CC/C=C/CC/C=C/CCCCCCCCC. The Morgan fingerprint density at radius 3 is 1.47 bits per heavy atom. The monoisotopic (exact) mass is 861 g/mol. The van der Waals surface area contributed by atoms with Crippen molar-refractivity contribution in [2.45, 2.75) is 206 Å². The van der Waals surface area contributed by atoms with Crippen molar-refractivity contribution in [1.29, 1.82) is 0 Å². The van der Waals surface area contributed by atoms with Gasteiger partial charge in [0, 0.05) is 6.42 Å². The van der Waals surface area contributed by atoms with Gasteiger partial charge in [-0.1, -0.05) is 177 Å². The quantitative estimate of drug-likeness (QED) is 0.0274. The van der Waals surface area contributed by atoms with Crippen LogP contribution in [0.2, 0.25) is 0 Å². The first-order valence-electron chi connectivity index (χ1n) is 24.3. The van der Waals surface area contributed by atoms with Crippen LogP contribution in [-0.2, 0) is 18.4 Å². The van der Waals surface area contributed by atoms with Gasteiger partial charge in [-0.3, -0.25) is 9.36 Å². The van der Waals surface area contributed by atoms with Crippen molar-refractivity contribution >= 4 is 13.7 Å². The van der Waals surface area contributed by atoms with Gasteiger partial charge in [0.2, 0.25) is 5.91 Å². The standard InChI is InChI=1S/C51H93N2O6P/c1-6-8-10-12-14-16-18-20-22-24-25-26-27-29-31-33-35-37-39-41-43-45-51(55)52-49(48-59-60(56,57)58-47-46-53(3,4)5)50(54)44-42-40-38-36-34-32-30-28-23-21-19-17-15-13-11-9-7-2/h18,20,23-25,27-29,34,36,42,44,49-50,54H,6-17,19,21-22,26,30-33,35,37-41,43,45-48H2,1-5H3,(H-,52,55,56,57)/b20-18-,25-24-,28-23+,29-27-,36-34+,44-42+. The molecule has 1 amide bonds. The third-order valence-corrected chi connectivity index (χ3v) is 11.3. The number of carbonyl (C=O) groups excluding carboxylic acids is 1. The second-order valence-corrected chi connectivity index (χ2v) is 18.8. The zero-order chi connectivity index (χ0) is 44.3. The highest BCUT2D eigenvalue weighted by atomic mass is 31.2. The average molecular weight is 861 g/mol. The first-order valence-corrected chi connectivity index (χ1v) is 25.8. The van der Waals surface area contributed by atoms with E-state index in [4.69, 9.17) is 9.05 Å². The number of phosphoric ester groups is 1. The van der Waals surface area contributed by atoms with Crippen LogP contribution >= 0.6 is 7.82 Å². The number of rotatable bonds is 43. The summed E-state index contributed by atoms with van der Waals surface area (Å²) in [5.41, 5.74) is 0. The summed E-state index contributed by atoms with van der Waals surface area (Å²) >= 11 is 0. The number of hydrogen-bond donors (Lipinski definition) is 2. The van der Waals surface area contributed by atoms with E-state index in [1.165, 1.54) is 103 Å². The number of likely N-dealkylation sites (N-methyl/N-ethyl adjacent to an activating group) is 1. The summed E-state index contributed by atoms with van der Waals surface area (Å²) in [6, 6.07) is -0.920. The molecule has 0 aliphatic rings. The van der Waals surface area contributed by atoms with E-state index in [1.807, 2.05) is 27.2 Å². The summed E-state index contributed by atoms with van der Waals surface area (Å²) in [4.78, 5) is 25.4. The summed E-state index contributed by atoms with van der Waals surface area (Å²) in [7, 11) is 1.21. The summed E-state index contributed by atoms with van der Waals surface area (Å²) in [6.45, 7) is 4.58. The molecule has 0 aromatic rings. The lowest BCUT2D eigenvalue weighted by Crippen LogP contribution is -2.45. The molecule has 0 saturated heterocycles. The topological polar surface area (TPSA) is 108 Å². The number of amides is 1. The van der Waals surface area contributed by atoms with Gasteiger partial charge in [0.05, 0.1) is 39.9 Å². The number of hydrogen-bond acceptors (Lipinski definition) is 6. The molecule has 0 bridgehead atoms. The smallest absolute Gasteiger partial charge is 0.268 e. The predicted molar refractivity (Wildman–Crippen MR) is 256 cm³/mol. The molecule has 0 saturated carbocycles. The van der Waals surface area contributed by atoms with Crippen molar-refractivity contribution < 1.29 is 32.9 Å². The molecule has 3 unspecified atom stereocenters. The zero-order valence-corrected chi connectivity index (χ0v) is 40.3. The van der Waals surface area contributed by atoms with Gasteiger partial charge in [-0.05, 0) is 83.5 Å². The van der Waals surface area contributed by atoms with Crippen LogP contribution in [0.3, 0.4) is 0 Å². The van der Waals surface area contributed by atoms with Gasteiger partial charge in [-0.25, -0.2) is 0 Å². The Hall–Kier alpha value is -2.06. The van der Waals surface area contributed by atoms with Crippen LogP contribution in [0.5, 0.6) is 0 Å². The summed E-state index contributed by atoms with van der Waals surface area (Å²) in [5.74, 6) is -0.227. The fourth-order valence-electron chi connectivity index (χ4n) is 6.48. The third kappa shape index (κ3) is 44.0. The molecule has 0 rings (SSSR count). The minimum atomic E-state index is -4.61. The number of unbranched alkanes of at least 4 members (excludes halogenated alkanes) is 20. The Balaban J connectivity index is 4.47. The molecule has 0 aromatic carbocycles. The Bertz CT molecular complexity index is 1200. The Kier molecular flexibility index (Phi) is 40.8. The van der Waals surface area contributed by atoms with Crippen LogP contribution in [-0.4, -0.2) is 68.5 Å². The number of phosphoric acid groups is 1. The Morgan fingerprint density at radius 2 is 0.983 bits per heavy atom. The normalized spacial score (nSPS) is 14.8. The fourth-order valence-corrected chi connectivity index (χ4v) is 7.21. The minimum absolute atomic E-state index is 0.0151. The number of carbonyl (C=O) groups is 1. The van der Waals surface area contributed by atoms with E-state index < -0.39 is 26.6 Å².